The Kier molecular flexibility index (Phi) is 9.04. The number of nitrogens with one attached hydrogen (secondary N) is 2. The first-order chi connectivity index (χ1) is 18.3. The van der Waals surface area contributed by atoms with Gasteiger partial charge in [0.2, 0.25) is 0 Å². The van der Waals surface area contributed by atoms with E-state index in [9.17, 15) is 13.2 Å². The predicted molar refractivity (Wildman–Crippen MR) is 153 cm³/mol. The standard InChI is InChI=1S/C29H27BrN2O5S/c1-2-36-25-13-9-24(10-14-25)32-38(34,35)26-15-11-23(12-16-26)31-29(33)27-20-22(30)8-17-28(27)37-19-18-21-6-4-3-5-7-21/h3-17,20,32H,2,18-19H2,1H3,(H,31,33). The maximum Gasteiger partial charge on any atom is 0.261 e. The molecule has 0 fully saturated rings. The lowest BCUT2D eigenvalue weighted by Crippen LogP contribution is -2.15. The molecule has 4 rings (SSSR count). The molecule has 38 heavy (non-hydrogen) atoms. The maximum absolute atomic E-state index is 13.1. The molecule has 0 aliphatic heterocycles. The summed E-state index contributed by atoms with van der Waals surface area (Å²) in [5.74, 6) is 0.746. The molecule has 0 aliphatic rings. The zero-order valence-electron chi connectivity index (χ0n) is 20.7. The fourth-order valence-corrected chi connectivity index (χ4v) is 5.06. The van der Waals surface area contributed by atoms with E-state index >= 15 is 0 Å². The summed E-state index contributed by atoms with van der Waals surface area (Å²) in [4.78, 5) is 13.1. The van der Waals surface area contributed by atoms with Crippen LogP contribution >= 0.6 is 15.9 Å². The van der Waals surface area contributed by atoms with Gasteiger partial charge in [-0.25, -0.2) is 8.42 Å². The first-order valence-corrected chi connectivity index (χ1v) is 14.2. The Hall–Kier alpha value is -3.82. The number of carbonyl (C=O) groups excluding carboxylic acids is 1. The average Bonchev–Trinajstić information content (AvgIpc) is 2.91. The molecule has 4 aromatic carbocycles. The molecular weight excluding hydrogens is 568 g/mol. The minimum absolute atomic E-state index is 0.0665. The van der Waals surface area contributed by atoms with Gasteiger partial charge in [0.1, 0.15) is 11.5 Å². The minimum atomic E-state index is -3.81. The number of amides is 1. The first kappa shape index (κ1) is 27.2. The number of rotatable bonds is 11. The Bertz CT molecular complexity index is 1480. The highest BCUT2D eigenvalue weighted by atomic mass is 79.9. The van der Waals surface area contributed by atoms with Crippen molar-refractivity contribution < 1.29 is 22.7 Å². The summed E-state index contributed by atoms with van der Waals surface area (Å²) in [6.45, 7) is 2.82. The molecule has 0 saturated carbocycles. The van der Waals surface area contributed by atoms with E-state index in [1.165, 1.54) is 12.1 Å². The van der Waals surface area contributed by atoms with Gasteiger partial charge in [0, 0.05) is 22.3 Å². The van der Waals surface area contributed by atoms with E-state index in [-0.39, 0.29) is 10.8 Å². The Labute approximate surface area is 231 Å². The molecule has 7 nitrogen and oxygen atoms in total. The number of hydrogen-bond acceptors (Lipinski definition) is 5. The molecule has 4 aromatic rings. The number of benzene rings is 4. The summed E-state index contributed by atoms with van der Waals surface area (Å²) in [5, 5.41) is 2.81. The van der Waals surface area contributed by atoms with Crippen molar-refractivity contribution in [3.8, 4) is 11.5 Å². The Morgan fingerprint density at radius 1 is 0.842 bits per heavy atom. The van der Waals surface area contributed by atoms with Crippen LogP contribution in [0.2, 0.25) is 0 Å². The van der Waals surface area contributed by atoms with Crippen molar-refractivity contribution in [1.29, 1.82) is 0 Å². The minimum Gasteiger partial charge on any atom is -0.494 e. The van der Waals surface area contributed by atoms with Crippen LogP contribution in [0.5, 0.6) is 11.5 Å². The molecule has 2 N–H and O–H groups in total. The van der Waals surface area contributed by atoms with Gasteiger partial charge in [-0.05, 0) is 79.2 Å². The first-order valence-electron chi connectivity index (χ1n) is 12.0. The van der Waals surface area contributed by atoms with Crippen LogP contribution in [0.1, 0.15) is 22.8 Å². The van der Waals surface area contributed by atoms with Gasteiger partial charge in [-0.3, -0.25) is 9.52 Å². The normalized spacial score (nSPS) is 11.0. The van der Waals surface area contributed by atoms with Crippen LogP contribution in [-0.4, -0.2) is 27.5 Å². The van der Waals surface area contributed by atoms with Crippen LogP contribution in [0.25, 0.3) is 0 Å². The van der Waals surface area contributed by atoms with E-state index in [1.54, 1.807) is 48.5 Å². The van der Waals surface area contributed by atoms with Gasteiger partial charge in [-0.15, -0.1) is 0 Å². The molecule has 0 aromatic heterocycles. The van der Waals surface area contributed by atoms with E-state index in [0.29, 0.717) is 48.1 Å². The Balaban J connectivity index is 1.41. The van der Waals surface area contributed by atoms with Crippen LogP contribution in [0.15, 0.2) is 106 Å². The molecule has 0 atom stereocenters. The number of ether oxygens (including phenoxy) is 2. The highest BCUT2D eigenvalue weighted by Gasteiger charge is 2.17. The third-order valence-electron chi connectivity index (χ3n) is 5.52. The quantitative estimate of drug-likeness (QED) is 0.206. The Morgan fingerprint density at radius 2 is 1.53 bits per heavy atom. The summed E-state index contributed by atoms with van der Waals surface area (Å²) >= 11 is 3.41. The number of anilines is 2. The fourth-order valence-electron chi connectivity index (χ4n) is 3.64. The summed E-state index contributed by atoms with van der Waals surface area (Å²) in [5.41, 5.74) is 2.37. The van der Waals surface area contributed by atoms with E-state index in [0.717, 1.165) is 10.0 Å². The zero-order chi connectivity index (χ0) is 27.0. The highest BCUT2D eigenvalue weighted by Crippen LogP contribution is 2.26. The number of carbonyl (C=O) groups is 1. The smallest absolute Gasteiger partial charge is 0.261 e. The number of hydrogen-bond donors (Lipinski definition) is 2. The second kappa shape index (κ2) is 12.6. The van der Waals surface area contributed by atoms with Gasteiger partial charge in [0.05, 0.1) is 23.7 Å². The molecule has 196 valence electrons. The molecule has 9 heteroatoms. The summed E-state index contributed by atoms with van der Waals surface area (Å²) < 4.78 is 40.2. The van der Waals surface area contributed by atoms with Gasteiger partial charge in [-0.1, -0.05) is 46.3 Å². The van der Waals surface area contributed by atoms with Crippen LogP contribution in [0.4, 0.5) is 11.4 Å². The lowest BCUT2D eigenvalue weighted by atomic mass is 10.1. The molecule has 0 aliphatic carbocycles. The molecule has 0 radical (unpaired) electrons. The van der Waals surface area contributed by atoms with Gasteiger partial charge in [0.25, 0.3) is 15.9 Å². The maximum atomic E-state index is 13.1. The summed E-state index contributed by atoms with van der Waals surface area (Å²) in [6.07, 6.45) is 0.707. The molecular formula is C29H27BrN2O5S. The zero-order valence-corrected chi connectivity index (χ0v) is 23.1. The van der Waals surface area contributed by atoms with Crippen LogP contribution in [0.3, 0.4) is 0 Å². The van der Waals surface area contributed by atoms with Crippen LogP contribution < -0.4 is 19.5 Å². The van der Waals surface area contributed by atoms with Gasteiger partial charge in [0.15, 0.2) is 0 Å². The molecule has 0 unspecified atom stereocenters. The third-order valence-corrected chi connectivity index (χ3v) is 7.41. The molecule has 0 heterocycles. The van der Waals surface area contributed by atoms with E-state index < -0.39 is 10.0 Å². The van der Waals surface area contributed by atoms with Crippen LogP contribution in [-0.2, 0) is 16.4 Å². The Morgan fingerprint density at radius 3 is 2.21 bits per heavy atom. The fraction of sp³-hybridized carbons (Fsp3) is 0.138. The van der Waals surface area contributed by atoms with Crippen molar-refractivity contribution in [2.45, 2.75) is 18.2 Å². The van der Waals surface area contributed by atoms with Gasteiger partial charge in [-0.2, -0.15) is 0 Å². The van der Waals surface area contributed by atoms with E-state index in [1.807, 2.05) is 43.3 Å². The van der Waals surface area contributed by atoms with Crippen molar-refractivity contribution in [1.82, 2.24) is 0 Å². The van der Waals surface area contributed by atoms with Crippen LogP contribution in [0, 0.1) is 0 Å². The van der Waals surface area contributed by atoms with Crippen molar-refractivity contribution in [2.24, 2.45) is 0 Å². The van der Waals surface area contributed by atoms with Crippen molar-refractivity contribution in [2.75, 3.05) is 23.3 Å². The molecule has 0 bridgehead atoms. The average molecular weight is 596 g/mol. The summed E-state index contributed by atoms with van der Waals surface area (Å²) in [7, 11) is -3.81. The second-order valence-electron chi connectivity index (χ2n) is 8.27. The molecule has 1 amide bonds. The molecule has 0 saturated heterocycles. The van der Waals surface area contributed by atoms with Crippen molar-refractivity contribution >= 4 is 43.2 Å². The lowest BCUT2D eigenvalue weighted by Gasteiger charge is -2.13. The number of sulfonamides is 1. The third kappa shape index (κ3) is 7.36. The second-order valence-corrected chi connectivity index (χ2v) is 10.9. The SMILES string of the molecule is CCOc1ccc(NS(=O)(=O)c2ccc(NC(=O)c3cc(Br)ccc3OCCc3ccccc3)cc2)cc1. The predicted octanol–water partition coefficient (Wildman–Crippen LogP) is 6.52. The highest BCUT2D eigenvalue weighted by molar-refractivity contribution is 9.10. The van der Waals surface area contributed by atoms with Gasteiger partial charge >= 0.3 is 0 Å². The molecule has 0 spiro atoms. The number of halogens is 1. The van der Waals surface area contributed by atoms with E-state index in [4.69, 9.17) is 9.47 Å². The monoisotopic (exact) mass is 594 g/mol. The topological polar surface area (TPSA) is 93.7 Å². The van der Waals surface area contributed by atoms with Crippen molar-refractivity contribution in [3.05, 3.63) is 113 Å². The van der Waals surface area contributed by atoms with Gasteiger partial charge < -0.3 is 14.8 Å². The van der Waals surface area contributed by atoms with Crippen molar-refractivity contribution in [3.63, 3.8) is 0 Å². The summed E-state index contributed by atoms with van der Waals surface area (Å²) in [6, 6.07) is 27.8. The van der Waals surface area contributed by atoms with E-state index in [2.05, 4.69) is 26.0 Å². The lowest BCUT2D eigenvalue weighted by molar-refractivity contribution is 0.102. The largest absolute Gasteiger partial charge is 0.494 e.